The molecular formula is C12H17N3O3. The number of carbonyl (C=O) groups is 1. The van der Waals surface area contributed by atoms with E-state index in [2.05, 4.69) is 10.2 Å². The Morgan fingerprint density at radius 2 is 2.28 bits per heavy atom. The molecule has 0 spiro atoms. The van der Waals surface area contributed by atoms with Crippen LogP contribution in [0.5, 0.6) is 0 Å². The number of aromatic amines is 1. The Morgan fingerprint density at radius 1 is 1.44 bits per heavy atom. The van der Waals surface area contributed by atoms with E-state index in [4.69, 9.17) is 0 Å². The molecule has 2 rings (SSSR count). The van der Waals surface area contributed by atoms with E-state index in [9.17, 15) is 14.7 Å². The van der Waals surface area contributed by atoms with Gasteiger partial charge >= 0.3 is 0 Å². The second kappa shape index (κ2) is 5.77. The van der Waals surface area contributed by atoms with Gasteiger partial charge in [0.05, 0.1) is 12.6 Å². The van der Waals surface area contributed by atoms with Crippen LogP contribution in [0, 0.1) is 0 Å². The largest absolute Gasteiger partial charge is 0.394 e. The summed E-state index contributed by atoms with van der Waals surface area (Å²) in [6.45, 7) is 0.597. The molecule has 6 heteroatoms. The monoisotopic (exact) mass is 251 g/mol. The molecule has 0 saturated carbocycles. The SMILES string of the molecule is O=C(c1ccc(=O)[nH]n1)N1CCCCCC1CO. The summed E-state index contributed by atoms with van der Waals surface area (Å²) in [4.78, 5) is 24.8. The summed E-state index contributed by atoms with van der Waals surface area (Å²) in [6, 6.07) is 2.56. The van der Waals surface area contributed by atoms with Crippen molar-refractivity contribution >= 4 is 5.91 Å². The maximum Gasteiger partial charge on any atom is 0.274 e. The fourth-order valence-electron chi connectivity index (χ4n) is 2.25. The molecule has 1 amide bonds. The number of aromatic nitrogens is 2. The molecule has 1 unspecified atom stereocenters. The molecule has 18 heavy (non-hydrogen) atoms. The van der Waals surface area contributed by atoms with Crippen LogP contribution in [0.25, 0.3) is 0 Å². The molecule has 2 heterocycles. The minimum atomic E-state index is -0.332. The zero-order valence-corrected chi connectivity index (χ0v) is 10.1. The first-order chi connectivity index (χ1) is 8.72. The van der Waals surface area contributed by atoms with Crippen molar-refractivity contribution in [3.8, 4) is 0 Å². The lowest BCUT2D eigenvalue weighted by Gasteiger charge is -2.28. The van der Waals surface area contributed by atoms with Crippen molar-refractivity contribution in [1.82, 2.24) is 15.1 Å². The molecule has 98 valence electrons. The smallest absolute Gasteiger partial charge is 0.274 e. The van der Waals surface area contributed by atoms with Crippen LogP contribution in [0.15, 0.2) is 16.9 Å². The molecule has 0 bridgehead atoms. The van der Waals surface area contributed by atoms with E-state index in [0.717, 1.165) is 25.7 Å². The van der Waals surface area contributed by atoms with E-state index < -0.39 is 0 Å². The summed E-state index contributed by atoms with van der Waals surface area (Å²) >= 11 is 0. The minimum absolute atomic E-state index is 0.0326. The topological polar surface area (TPSA) is 86.3 Å². The predicted octanol–water partition coefficient (Wildman–Crippen LogP) is 0.147. The summed E-state index contributed by atoms with van der Waals surface area (Å²) in [5.41, 5.74) is -0.115. The molecule has 1 aromatic heterocycles. The Balaban J connectivity index is 2.19. The second-order valence-corrected chi connectivity index (χ2v) is 4.49. The van der Waals surface area contributed by atoms with Gasteiger partial charge in [-0.1, -0.05) is 12.8 Å². The Morgan fingerprint density at radius 3 is 2.94 bits per heavy atom. The highest BCUT2D eigenvalue weighted by molar-refractivity contribution is 5.92. The van der Waals surface area contributed by atoms with Crippen LogP contribution in [0.4, 0.5) is 0 Å². The summed E-state index contributed by atoms with van der Waals surface area (Å²) in [5.74, 6) is -0.229. The van der Waals surface area contributed by atoms with Gasteiger partial charge in [-0.3, -0.25) is 9.59 Å². The Labute approximate surface area is 105 Å². The first-order valence-corrected chi connectivity index (χ1v) is 6.20. The molecule has 0 radical (unpaired) electrons. The highest BCUT2D eigenvalue weighted by Gasteiger charge is 2.26. The summed E-state index contributed by atoms with van der Waals surface area (Å²) < 4.78 is 0. The molecule has 1 atom stereocenters. The van der Waals surface area contributed by atoms with Gasteiger partial charge in [0.2, 0.25) is 0 Å². The molecule has 1 aliphatic heterocycles. The number of amides is 1. The molecule has 1 fully saturated rings. The van der Waals surface area contributed by atoms with Gasteiger partial charge in [-0.25, -0.2) is 5.10 Å². The van der Waals surface area contributed by atoms with E-state index >= 15 is 0 Å². The number of aliphatic hydroxyl groups is 1. The van der Waals surface area contributed by atoms with Crippen molar-refractivity contribution in [3.05, 3.63) is 28.2 Å². The van der Waals surface area contributed by atoms with Crippen LogP contribution < -0.4 is 5.56 Å². The fraction of sp³-hybridized carbons (Fsp3) is 0.583. The first-order valence-electron chi connectivity index (χ1n) is 6.20. The number of nitrogens with one attached hydrogen (secondary N) is 1. The van der Waals surface area contributed by atoms with Gasteiger partial charge in [-0.05, 0) is 18.9 Å². The lowest BCUT2D eigenvalue weighted by Crippen LogP contribution is -2.42. The zero-order chi connectivity index (χ0) is 13.0. The normalized spacial score (nSPS) is 20.5. The third-order valence-electron chi connectivity index (χ3n) is 3.25. The van der Waals surface area contributed by atoms with Crippen molar-refractivity contribution in [2.75, 3.05) is 13.2 Å². The van der Waals surface area contributed by atoms with E-state index in [1.165, 1.54) is 12.1 Å². The second-order valence-electron chi connectivity index (χ2n) is 4.49. The van der Waals surface area contributed by atoms with Crippen LogP contribution in [0.3, 0.4) is 0 Å². The van der Waals surface area contributed by atoms with Crippen molar-refractivity contribution in [2.45, 2.75) is 31.7 Å². The zero-order valence-electron chi connectivity index (χ0n) is 10.1. The van der Waals surface area contributed by atoms with Crippen LogP contribution in [0.1, 0.15) is 36.2 Å². The van der Waals surface area contributed by atoms with Crippen LogP contribution in [0.2, 0.25) is 0 Å². The molecule has 1 saturated heterocycles. The van der Waals surface area contributed by atoms with Crippen molar-refractivity contribution < 1.29 is 9.90 Å². The van der Waals surface area contributed by atoms with E-state index in [-0.39, 0.29) is 29.8 Å². The average Bonchev–Trinajstić information content (AvgIpc) is 2.63. The van der Waals surface area contributed by atoms with Crippen molar-refractivity contribution in [2.24, 2.45) is 0 Å². The number of hydrogen-bond acceptors (Lipinski definition) is 4. The van der Waals surface area contributed by atoms with E-state index in [1.807, 2.05) is 0 Å². The number of rotatable bonds is 2. The Bertz CT molecular complexity index is 451. The average molecular weight is 251 g/mol. The predicted molar refractivity (Wildman–Crippen MR) is 65.2 cm³/mol. The highest BCUT2D eigenvalue weighted by atomic mass is 16.3. The number of hydrogen-bond donors (Lipinski definition) is 2. The Kier molecular flexibility index (Phi) is 4.09. The molecule has 0 aromatic carbocycles. The molecule has 2 N–H and O–H groups in total. The molecule has 1 aromatic rings. The maximum atomic E-state index is 12.3. The molecular weight excluding hydrogens is 234 g/mol. The maximum absolute atomic E-state index is 12.3. The fourth-order valence-corrected chi connectivity index (χ4v) is 2.25. The number of carbonyl (C=O) groups excluding carboxylic acids is 1. The lowest BCUT2D eigenvalue weighted by atomic mass is 10.1. The van der Waals surface area contributed by atoms with Gasteiger partial charge in [-0.2, -0.15) is 5.10 Å². The van der Waals surface area contributed by atoms with Crippen LogP contribution >= 0.6 is 0 Å². The van der Waals surface area contributed by atoms with Gasteiger partial charge in [0, 0.05) is 12.6 Å². The van der Waals surface area contributed by atoms with Gasteiger partial charge in [0.1, 0.15) is 5.69 Å². The third kappa shape index (κ3) is 2.76. The van der Waals surface area contributed by atoms with Gasteiger partial charge in [0.15, 0.2) is 0 Å². The lowest BCUT2D eigenvalue weighted by molar-refractivity contribution is 0.0592. The number of nitrogens with zero attached hydrogens (tertiary/aromatic N) is 2. The van der Waals surface area contributed by atoms with Crippen molar-refractivity contribution in [3.63, 3.8) is 0 Å². The van der Waals surface area contributed by atoms with Crippen LogP contribution in [-0.2, 0) is 0 Å². The summed E-state index contributed by atoms with van der Waals surface area (Å²) in [6.07, 6.45) is 3.84. The third-order valence-corrected chi connectivity index (χ3v) is 3.25. The standard InChI is InChI=1S/C12H17N3O3/c16-8-9-4-2-1-3-7-15(9)12(18)10-5-6-11(17)14-13-10/h5-6,9,16H,1-4,7-8H2,(H,14,17). The number of aliphatic hydroxyl groups excluding tert-OH is 1. The summed E-state index contributed by atoms with van der Waals surface area (Å²) in [7, 11) is 0. The minimum Gasteiger partial charge on any atom is -0.394 e. The van der Waals surface area contributed by atoms with Gasteiger partial charge in [-0.15, -0.1) is 0 Å². The number of H-pyrrole nitrogens is 1. The molecule has 1 aliphatic rings. The van der Waals surface area contributed by atoms with E-state index in [0.29, 0.717) is 6.54 Å². The number of likely N-dealkylation sites (tertiary alicyclic amines) is 1. The van der Waals surface area contributed by atoms with E-state index in [1.54, 1.807) is 4.90 Å². The van der Waals surface area contributed by atoms with Crippen molar-refractivity contribution in [1.29, 1.82) is 0 Å². The Hall–Kier alpha value is -1.69. The highest BCUT2D eigenvalue weighted by Crippen LogP contribution is 2.18. The summed E-state index contributed by atoms with van der Waals surface area (Å²) in [5, 5.41) is 15.3. The first kappa shape index (κ1) is 12.8. The molecule has 6 nitrogen and oxygen atoms in total. The van der Waals surface area contributed by atoms with Gasteiger partial charge < -0.3 is 10.0 Å². The quantitative estimate of drug-likeness (QED) is 0.783. The molecule has 0 aliphatic carbocycles. The van der Waals surface area contributed by atoms with Gasteiger partial charge in [0.25, 0.3) is 11.5 Å². The van der Waals surface area contributed by atoms with Crippen LogP contribution in [-0.4, -0.2) is 45.3 Å².